The zero-order chi connectivity index (χ0) is 14.9. The van der Waals surface area contributed by atoms with E-state index in [1.807, 2.05) is 20.8 Å². The third-order valence-corrected chi connectivity index (χ3v) is 3.52. The van der Waals surface area contributed by atoms with Gasteiger partial charge in [-0.15, -0.1) is 0 Å². The van der Waals surface area contributed by atoms with Gasteiger partial charge in [0.15, 0.2) is 0 Å². The molecule has 2 heterocycles. The molecule has 7 heteroatoms. The summed E-state index contributed by atoms with van der Waals surface area (Å²) in [4.78, 5) is 26.8. The third kappa shape index (κ3) is 3.52. The van der Waals surface area contributed by atoms with Gasteiger partial charge in [0.25, 0.3) is 0 Å². The summed E-state index contributed by atoms with van der Waals surface area (Å²) in [7, 11) is -2.42. The molecule has 1 aromatic heterocycles. The van der Waals surface area contributed by atoms with Crippen molar-refractivity contribution in [3.8, 4) is 0 Å². The average molecular weight is 297 g/mol. The number of ether oxygens (including phenoxy) is 1. The minimum atomic E-state index is -2.42. The SMILES string of the molecule is CC(C)(C)OC(=O)N1CCc2nc([P+](=O)O)ccc2C1. The van der Waals surface area contributed by atoms with Crippen LogP contribution in [0.4, 0.5) is 4.79 Å². The summed E-state index contributed by atoms with van der Waals surface area (Å²) >= 11 is 0. The first-order chi connectivity index (χ1) is 9.26. The molecule has 20 heavy (non-hydrogen) atoms. The normalized spacial score (nSPS) is 15.6. The standard InChI is InChI=1S/C13H17N2O4P/c1-13(2,3)19-12(16)15-7-6-10-9(8-15)4-5-11(14-10)20(17)18/h4-5H,6-8H2,1-3H3/p+1. The van der Waals surface area contributed by atoms with Crippen molar-refractivity contribution in [1.82, 2.24) is 9.88 Å². The molecule has 1 amide bonds. The Kier molecular flexibility index (Phi) is 4.06. The van der Waals surface area contributed by atoms with Crippen molar-refractivity contribution in [2.24, 2.45) is 0 Å². The Morgan fingerprint density at radius 3 is 2.75 bits per heavy atom. The van der Waals surface area contributed by atoms with Crippen molar-refractivity contribution in [2.75, 3.05) is 6.54 Å². The molecular weight excluding hydrogens is 279 g/mol. The van der Waals surface area contributed by atoms with Crippen molar-refractivity contribution < 1.29 is 19.0 Å². The fraction of sp³-hybridized carbons (Fsp3) is 0.538. The lowest BCUT2D eigenvalue weighted by Crippen LogP contribution is -2.40. The molecule has 0 saturated heterocycles. The second-order valence-corrected chi connectivity index (χ2v) is 6.70. The molecule has 0 bridgehead atoms. The molecule has 0 saturated carbocycles. The van der Waals surface area contributed by atoms with Gasteiger partial charge in [0.1, 0.15) is 5.60 Å². The number of rotatable bonds is 1. The summed E-state index contributed by atoms with van der Waals surface area (Å²) in [5, 5.41) is 0. The smallest absolute Gasteiger partial charge is 0.444 e. The summed E-state index contributed by atoms with van der Waals surface area (Å²) in [5.74, 6) is 0. The number of pyridine rings is 1. The van der Waals surface area contributed by atoms with Gasteiger partial charge in [0, 0.05) is 19.0 Å². The predicted molar refractivity (Wildman–Crippen MR) is 74.0 cm³/mol. The van der Waals surface area contributed by atoms with Crippen LogP contribution in [-0.4, -0.2) is 33.0 Å². The molecule has 108 valence electrons. The second kappa shape index (κ2) is 5.46. The predicted octanol–water partition coefficient (Wildman–Crippen LogP) is 1.73. The summed E-state index contributed by atoms with van der Waals surface area (Å²) in [5.41, 5.74) is 1.33. The largest absolute Gasteiger partial charge is 0.566 e. The first-order valence-corrected chi connectivity index (χ1v) is 7.60. The lowest BCUT2D eigenvalue weighted by atomic mass is 10.1. The van der Waals surface area contributed by atoms with Crippen molar-refractivity contribution in [2.45, 2.75) is 39.3 Å². The topological polar surface area (TPSA) is 79.7 Å². The highest BCUT2D eigenvalue weighted by atomic mass is 31.1. The highest BCUT2D eigenvalue weighted by Gasteiger charge is 2.28. The van der Waals surface area contributed by atoms with Crippen molar-refractivity contribution in [1.29, 1.82) is 0 Å². The van der Waals surface area contributed by atoms with Crippen molar-refractivity contribution in [3.63, 3.8) is 0 Å². The Hall–Kier alpha value is -1.52. The number of hydrogen-bond donors (Lipinski definition) is 1. The Labute approximate surface area is 118 Å². The van der Waals surface area contributed by atoms with E-state index < -0.39 is 13.6 Å². The van der Waals surface area contributed by atoms with Gasteiger partial charge >= 0.3 is 19.6 Å². The highest BCUT2D eigenvalue weighted by Crippen LogP contribution is 2.21. The van der Waals surface area contributed by atoms with Crippen LogP contribution in [0.3, 0.4) is 0 Å². The summed E-state index contributed by atoms with van der Waals surface area (Å²) in [6.45, 7) is 6.40. The number of hydrogen-bond acceptors (Lipinski definition) is 4. The summed E-state index contributed by atoms with van der Waals surface area (Å²) in [6.07, 6.45) is 0.214. The van der Waals surface area contributed by atoms with E-state index in [4.69, 9.17) is 9.63 Å². The maximum Gasteiger partial charge on any atom is 0.566 e. The van der Waals surface area contributed by atoms with Crippen LogP contribution in [0.15, 0.2) is 12.1 Å². The van der Waals surface area contributed by atoms with Crippen LogP contribution < -0.4 is 5.44 Å². The quantitative estimate of drug-likeness (QED) is 0.799. The maximum atomic E-state index is 12.0. The number of nitrogens with zero attached hydrogens (tertiary/aromatic N) is 2. The molecule has 1 unspecified atom stereocenters. The van der Waals surface area contributed by atoms with Gasteiger partial charge in [0.2, 0.25) is 0 Å². The Bertz CT molecular complexity index is 554. The molecule has 0 aliphatic carbocycles. The number of carbonyl (C=O) groups excluding carboxylic acids is 1. The zero-order valence-corrected chi connectivity index (χ0v) is 12.7. The highest BCUT2D eigenvalue weighted by molar-refractivity contribution is 7.47. The molecule has 2 rings (SSSR count). The van der Waals surface area contributed by atoms with Crippen molar-refractivity contribution >= 4 is 19.6 Å². The lowest BCUT2D eigenvalue weighted by molar-refractivity contribution is 0.0223. The van der Waals surface area contributed by atoms with Crippen LogP contribution in [-0.2, 0) is 22.3 Å². The monoisotopic (exact) mass is 297 g/mol. The lowest BCUT2D eigenvalue weighted by Gasteiger charge is -2.30. The van der Waals surface area contributed by atoms with Crippen LogP contribution in [0, 0.1) is 0 Å². The van der Waals surface area contributed by atoms with E-state index in [0.29, 0.717) is 19.5 Å². The number of carbonyl (C=O) groups is 1. The van der Waals surface area contributed by atoms with Gasteiger partial charge in [-0.2, -0.15) is 4.89 Å². The minimum absolute atomic E-state index is 0.185. The molecule has 6 nitrogen and oxygen atoms in total. The third-order valence-electron chi connectivity index (χ3n) is 2.88. The van der Waals surface area contributed by atoms with E-state index >= 15 is 0 Å². The van der Waals surface area contributed by atoms with E-state index in [1.54, 1.807) is 11.0 Å². The second-order valence-electron chi connectivity index (χ2n) is 5.70. The molecule has 0 aromatic carbocycles. The summed E-state index contributed by atoms with van der Waals surface area (Å²) < 4.78 is 16.4. The maximum absolute atomic E-state index is 12.0. The van der Waals surface area contributed by atoms with E-state index in [1.165, 1.54) is 6.07 Å². The van der Waals surface area contributed by atoms with E-state index in [9.17, 15) is 9.36 Å². The molecule has 1 aliphatic rings. The molecule has 0 fully saturated rings. The van der Waals surface area contributed by atoms with Gasteiger partial charge in [-0.25, -0.2) is 9.78 Å². The van der Waals surface area contributed by atoms with Gasteiger partial charge < -0.3 is 9.64 Å². The van der Waals surface area contributed by atoms with E-state index in [0.717, 1.165) is 11.3 Å². The fourth-order valence-corrected chi connectivity index (χ4v) is 2.40. The van der Waals surface area contributed by atoms with Gasteiger partial charge in [-0.1, -0.05) is 0 Å². The number of fused-ring (bicyclic) bond motifs is 1. The average Bonchev–Trinajstić information content (AvgIpc) is 2.35. The van der Waals surface area contributed by atoms with Gasteiger partial charge in [-0.05, 0) is 37.0 Å². The Morgan fingerprint density at radius 1 is 1.45 bits per heavy atom. The summed E-state index contributed by atoms with van der Waals surface area (Å²) in [6, 6.07) is 3.27. The molecular formula is C13H18N2O4P+. The zero-order valence-electron chi connectivity index (χ0n) is 11.8. The molecule has 0 radical (unpaired) electrons. The first-order valence-electron chi connectivity index (χ1n) is 6.39. The van der Waals surface area contributed by atoms with Crippen LogP contribution in [0.1, 0.15) is 32.0 Å². The van der Waals surface area contributed by atoms with Crippen molar-refractivity contribution in [3.05, 3.63) is 23.4 Å². The molecule has 1 aromatic rings. The van der Waals surface area contributed by atoms with E-state index in [-0.39, 0.29) is 11.5 Å². The van der Waals surface area contributed by atoms with Gasteiger partial charge in [0.05, 0.1) is 12.2 Å². The molecule has 1 atom stereocenters. The first kappa shape index (κ1) is 14.9. The molecule has 1 aliphatic heterocycles. The van der Waals surface area contributed by atoms with Gasteiger partial charge in [-0.3, -0.25) is 0 Å². The van der Waals surface area contributed by atoms with Crippen LogP contribution in [0.25, 0.3) is 0 Å². The van der Waals surface area contributed by atoms with E-state index in [2.05, 4.69) is 4.98 Å². The number of aromatic nitrogens is 1. The van der Waals surface area contributed by atoms with Crippen LogP contribution in [0.5, 0.6) is 0 Å². The molecule has 0 spiro atoms. The Morgan fingerprint density at radius 2 is 2.15 bits per heavy atom. The Balaban J connectivity index is 2.12. The van der Waals surface area contributed by atoms with Crippen LogP contribution >= 0.6 is 8.03 Å². The number of amides is 1. The minimum Gasteiger partial charge on any atom is -0.444 e. The van der Waals surface area contributed by atoms with Crippen LogP contribution in [0.2, 0.25) is 0 Å². The molecule has 1 N–H and O–H groups in total. The fourth-order valence-electron chi connectivity index (χ4n) is 1.99.